The van der Waals surface area contributed by atoms with Crippen LogP contribution in [0.1, 0.15) is 23.7 Å². The molecule has 124 valence electrons. The zero-order valence-corrected chi connectivity index (χ0v) is 13.6. The van der Waals surface area contributed by atoms with Crippen molar-refractivity contribution in [2.24, 2.45) is 0 Å². The molecule has 1 saturated heterocycles. The van der Waals surface area contributed by atoms with Gasteiger partial charge >= 0.3 is 0 Å². The fraction of sp³-hybridized carbons (Fsp3) is 0.263. The van der Waals surface area contributed by atoms with Crippen LogP contribution in [-0.4, -0.2) is 31.0 Å². The maximum atomic E-state index is 12.5. The fourth-order valence-corrected chi connectivity index (χ4v) is 2.79. The Balaban J connectivity index is 1.64. The average molecular weight is 324 g/mol. The van der Waals surface area contributed by atoms with Gasteiger partial charge < -0.3 is 15.0 Å². The van der Waals surface area contributed by atoms with Crippen molar-refractivity contribution < 1.29 is 14.3 Å². The second-order valence-electron chi connectivity index (χ2n) is 5.60. The Bertz CT molecular complexity index is 713. The molecule has 5 heteroatoms. The SMILES string of the molecule is CCOc1ccc(C(=O)N[C@H]2CCN(c3ccccc3)C2=O)cc1. The lowest BCUT2D eigenvalue weighted by molar-refractivity contribution is -0.118. The molecule has 1 heterocycles. The van der Waals surface area contributed by atoms with Gasteiger partial charge in [0.25, 0.3) is 5.91 Å². The minimum absolute atomic E-state index is 0.0690. The molecule has 0 aromatic heterocycles. The largest absolute Gasteiger partial charge is 0.494 e. The van der Waals surface area contributed by atoms with Crippen LogP contribution in [0.2, 0.25) is 0 Å². The summed E-state index contributed by atoms with van der Waals surface area (Å²) in [6.07, 6.45) is 0.608. The monoisotopic (exact) mass is 324 g/mol. The van der Waals surface area contributed by atoms with Gasteiger partial charge in [0.05, 0.1) is 6.61 Å². The van der Waals surface area contributed by atoms with Gasteiger partial charge in [-0.1, -0.05) is 18.2 Å². The van der Waals surface area contributed by atoms with Gasteiger partial charge in [-0.05, 0) is 49.7 Å². The van der Waals surface area contributed by atoms with E-state index < -0.39 is 6.04 Å². The zero-order valence-electron chi connectivity index (χ0n) is 13.6. The fourth-order valence-electron chi connectivity index (χ4n) is 2.79. The van der Waals surface area contributed by atoms with Crippen LogP contribution >= 0.6 is 0 Å². The Morgan fingerprint density at radius 1 is 1.17 bits per heavy atom. The van der Waals surface area contributed by atoms with E-state index in [4.69, 9.17) is 4.74 Å². The summed E-state index contributed by atoms with van der Waals surface area (Å²) < 4.78 is 5.36. The van der Waals surface area contributed by atoms with Gasteiger partial charge in [-0.3, -0.25) is 9.59 Å². The first kappa shape index (κ1) is 16.1. The van der Waals surface area contributed by atoms with Gasteiger partial charge in [0, 0.05) is 17.8 Å². The third kappa shape index (κ3) is 3.40. The molecule has 0 aliphatic carbocycles. The van der Waals surface area contributed by atoms with Gasteiger partial charge in [0.15, 0.2) is 0 Å². The van der Waals surface area contributed by atoms with Crippen LogP contribution < -0.4 is 15.0 Å². The summed E-state index contributed by atoms with van der Waals surface area (Å²) >= 11 is 0. The van der Waals surface area contributed by atoms with Crippen LogP contribution in [0.25, 0.3) is 0 Å². The van der Waals surface area contributed by atoms with E-state index in [0.717, 1.165) is 11.4 Å². The number of hydrogen-bond acceptors (Lipinski definition) is 3. The third-order valence-electron chi connectivity index (χ3n) is 4.01. The van der Waals surface area contributed by atoms with Crippen LogP contribution in [0.4, 0.5) is 5.69 Å². The molecule has 5 nitrogen and oxygen atoms in total. The topological polar surface area (TPSA) is 58.6 Å². The molecule has 1 atom stereocenters. The first-order valence-electron chi connectivity index (χ1n) is 8.09. The molecule has 2 aromatic carbocycles. The second-order valence-corrected chi connectivity index (χ2v) is 5.60. The van der Waals surface area contributed by atoms with Gasteiger partial charge in [-0.2, -0.15) is 0 Å². The Labute approximate surface area is 141 Å². The summed E-state index contributed by atoms with van der Waals surface area (Å²) in [6.45, 7) is 3.10. The molecule has 24 heavy (non-hydrogen) atoms. The normalized spacial score (nSPS) is 17.0. The molecule has 0 radical (unpaired) electrons. The van der Waals surface area contributed by atoms with Crippen LogP contribution in [0, 0.1) is 0 Å². The molecular weight excluding hydrogens is 304 g/mol. The molecule has 1 aliphatic rings. The number of anilines is 1. The van der Waals surface area contributed by atoms with Crippen molar-refractivity contribution in [1.82, 2.24) is 5.32 Å². The molecule has 0 bridgehead atoms. The van der Waals surface area contributed by atoms with Gasteiger partial charge in [-0.15, -0.1) is 0 Å². The molecule has 1 fully saturated rings. The first-order chi connectivity index (χ1) is 11.7. The molecule has 2 aromatic rings. The molecule has 1 aliphatic heterocycles. The Kier molecular flexibility index (Phi) is 4.79. The highest BCUT2D eigenvalue weighted by Gasteiger charge is 2.33. The van der Waals surface area contributed by atoms with Crippen molar-refractivity contribution >= 4 is 17.5 Å². The standard InChI is InChI=1S/C19H20N2O3/c1-2-24-16-10-8-14(9-11-16)18(22)20-17-12-13-21(19(17)23)15-6-4-3-5-7-15/h3-11,17H,2,12-13H2,1H3,(H,20,22)/t17-/m0/s1. The average Bonchev–Trinajstić information content (AvgIpc) is 2.97. The number of benzene rings is 2. The van der Waals surface area contributed by atoms with Crippen molar-refractivity contribution in [3.63, 3.8) is 0 Å². The number of amides is 2. The van der Waals surface area contributed by atoms with Crippen LogP contribution in [0.15, 0.2) is 54.6 Å². The smallest absolute Gasteiger partial charge is 0.251 e. The number of hydrogen-bond donors (Lipinski definition) is 1. The zero-order chi connectivity index (χ0) is 16.9. The maximum Gasteiger partial charge on any atom is 0.251 e. The lowest BCUT2D eigenvalue weighted by Crippen LogP contribution is -2.41. The van der Waals surface area contributed by atoms with Gasteiger partial charge in [0.1, 0.15) is 11.8 Å². The number of carbonyl (C=O) groups is 2. The van der Waals surface area contributed by atoms with Crippen LogP contribution in [0.3, 0.4) is 0 Å². The summed E-state index contributed by atoms with van der Waals surface area (Å²) in [5.41, 5.74) is 1.38. The molecular formula is C19H20N2O3. The van der Waals surface area contributed by atoms with Crippen molar-refractivity contribution in [1.29, 1.82) is 0 Å². The summed E-state index contributed by atoms with van der Waals surface area (Å²) in [4.78, 5) is 26.6. The van der Waals surface area contributed by atoms with E-state index >= 15 is 0 Å². The molecule has 3 rings (SSSR count). The highest BCUT2D eigenvalue weighted by Crippen LogP contribution is 2.21. The summed E-state index contributed by atoms with van der Waals surface area (Å²) in [7, 11) is 0. The quantitative estimate of drug-likeness (QED) is 0.920. The van der Waals surface area contributed by atoms with E-state index in [-0.39, 0.29) is 11.8 Å². The minimum atomic E-state index is -0.482. The lowest BCUT2D eigenvalue weighted by Gasteiger charge is -2.17. The van der Waals surface area contributed by atoms with Crippen LogP contribution in [0.5, 0.6) is 5.75 Å². The van der Waals surface area contributed by atoms with Crippen LogP contribution in [-0.2, 0) is 4.79 Å². The van der Waals surface area contributed by atoms with E-state index in [1.807, 2.05) is 37.3 Å². The lowest BCUT2D eigenvalue weighted by atomic mass is 10.1. The van der Waals surface area contributed by atoms with Crippen molar-refractivity contribution in [2.45, 2.75) is 19.4 Å². The number of para-hydroxylation sites is 1. The first-order valence-corrected chi connectivity index (χ1v) is 8.09. The van der Waals surface area contributed by atoms with Crippen molar-refractivity contribution in [2.75, 3.05) is 18.1 Å². The van der Waals surface area contributed by atoms with E-state index in [0.29, 0.717) is 25.1 Å². The molecule has 0 spiro atoms. The number of rotatable bonds is 5. The number of ether oxygens (including phenoxy) is 1. The van der Waals surface area contributed by atoms with E-state index in [2.05, 4.69) is 5.32 Å². The third-order valence-corrected chi connectivity index (χ3v) is 4.01. The second kappa shape index (κ2) is 7.17. The van der Waals surface area contributed by atoms with Gasteiger partial charge in [-0.25, -0.2) is 0 Å². The highest BCUT2D eigenvalue weighted by molar-refractivity contribution is 6.03. The van der Waals surface area contributed by atoms with E-state index in [1.54, 1.807) is 29.2 Å². The molecule has 0 saturated carbocycles. The molecule has 2 amide bonds. The van der Waals surface area contributed by atoms with Gasteiger partial charge in [0.2, 0.25) is 5.91 Å². The predicted octanol–water partition coefficient (Wildman–Crippen LogP) is 2.62. The Morgan fingerprint density at radius 2 is 1.88 bits per heavy atom. The summed E-state index contributed by atoms with van der Waals surface area (Å²) in [5, 5.41) is 2.83. The number of nitrogens with zero attached hydrogens (tertiary/aromatic N) is 1. The number of carbonyl (C=O) groups excluding carboxylic acids is 2. The summed E-state index contributed by atoms with van der Waals surface area (Å²) in [5.74, 6) is 0.410. The van der Waals surface area contributed by atoms with E-state index in [1.165, 1.54) is 0 Å². The van der Waals surface area contributed by atoms with Crippen molar-refractivity contribution in [3.8, 4) is 5.75 Å². The minimum Gasteiger partial charge on any atom is -0.494 e. The van der Waals surface area contributed by atoms with Crippen molar-refractivity contribution in [3.05, 3.63) is 60.2 Å². The molecule has 1 N–H and O–H groups in total. The van der Waals surface area contributed by atoms with E-state index in [9.17, 15) is 9.59 Å². The molecule has 0 unspecified atom stereocenters. The Hall–Kier alpha value is -2.82. The highest BCUT2D eigenvalue weighted by atomic mass is 16.5. The Morgan fingerprint density at radius 3 is 2.54 bits per heavy atom. The maximum absolute atomic E-state index is 12.5. The predicted molar refractivity (Wildman–Crippen MR) is 92.3 cm³/mol. The summed E-state index contributed by atoms with van der Waals surface area (Å²) in [6, 6.07) is 15.9. The number of nitrogens with one attached hydrogen (secondary N) is 1.